The van der Waals surface area contributed by atoms with Crippen molar-refractivity contribution in [2.24, 2.45) is 23.7 Å². The lowest BCUT2D eigenvalue weighted by Gasteiger charge is -2.33. The summed E-state index contributed by atoms with van der Waals surface area (Å²) < 4.78 is 0. The molecule has 3 aliphatic rings. The van der Waals surface area contributed by atoms with Gasteiger partial charge < -0.3 is 10.4 Å². The Hall–Kier alpha value is -2.17. The first kappa shape index (κ1) is 20.7. The molecule has 2 saturated carbocycles. The van der Waals surface area contributed by atoms with Crippen LogP contribution in [0.15, 0.2) is 54.6 Å². The Balaban J connectivity index is 1.17. The third-order valence-electron chi connectivity index (χ3n) is 7.94. The maximum Gasteiger partial charge on any atom is 0.256 e. The van der Waals surface area contributed by atoms with E-state index in [1.807, 2.05) is 30.3 Å². The number of likely N-dealkylation sites (tertiary alicyclic amines) is 1. The predicted octanol–water partition coefficient (Wildman–Crippen LogP) is 3.87. The van der Waals surface area contributed by atoms with Crippen molar-refractivity contribution in [3.05, 3.63) is 71.3 Å². The van der Waals surface area contributed by atoms with E-state index >= 15 is 0 Å². The summed E-state index contributed by atoms with van der Waals surface area (Å²) in [5.41, 5.74) is 2.03. The van der Waals surface area contributed by atoms with Gasteiger partial charge in [-0.3, -0.25) is 9.69 Å². The maximum atomic E-state index is 13.3. The highest BCUT2D eigenvalue weighted by molar-refractivity contribution is 5.86. The minimum atomic E-state index is -1.40. The number of amides is 1. The van der Waals surface area contributed by atoms with E-state index in [-0.39, 0.29) is 11.8 Å². The molecule has 0 aromatic heterocycles. The van der Waals surface area contributed by atoms with Crippen molar-refractivity contribution >= 4 is 5.91 Å². The van der Waals surface area contributed by atoms with E-state index in [9.17, 15) is 9.90 Å². The fraction of sp³-hybridized carbons (Fsp3) is 0.519. The fourth-order valence-corrected chi connectivity index (χ4v) is 6.17. The van der Waals surface area contributed by atoms with Gasteiger partial charge in [0.25, 0.3) is 5.91 Å². The Kier molecular flexibility index (Phi) is 5.61. The minimum absolute atomic E-state index is 0.0124. The van der Waals surface area contributed by atoms with Crippen LogP contribution in [0.4, 0.5) is 0 Å². The number of benzene rings is 2. The maximum absolute atomic E-state index is 13.3. The molecule has 4 nitrogen and oxygen atoms in total. The number of fused-ring (bicyclic) bond motifs is 1. The Labute approximate surface area is 185 Å². The summed E-state index contributed by atoms with van der Waals surface area (Å²) in [6.07, 6.45) is 4.02. The highest BCUT2D eigenvalue weighted by Crippen LogP contribution is 2.51. The first-order chi connectivity index (χ1) is 15.1. The summed E-state index contributed by atoms with van der Waals surface area (Å²) in [6, 6.07) is 18.3. The van der Waals surface area contributed by atoms with E-state index < -0.39 is 5.60 Å². The number of aryl methyl sites for hydroxylation is 1. The molecule has 2 aromatic rings. The van der Waals surface area contributed by atoms with Crippen LogP contribution in [0.3, 0.4) is 0 Å². The van der Waals surface area contributed by atoms with Crippen molar-refractivity contribution < 1.29 is 9.90 Å². The topological polar surface area (TPSA) is 52.6 Å². The average molecular weight is 419 g/mol. The lowest BCUT2D eigenvalue weighted by atomic mass is 9.79. The summed E-state index contributed by atoms with van der Waals surface area (Å²) >= 11 is 0. The Morgan fingerprint density at radius 3 is 2.45 bits per heavy atom. The van der Waals surface area contributed by atoms with Crippen molar-refractivity contribution in [2.45, 2.75) is 44.8 Å². The van der Waals surface area contributed by atoms with Crippen molar-refractivity contribution in [3.8, 4) is 0 Å². The van der Waals surface area contributed by atoms with Crippen molar-refractivity contribution in [1.82, 2.24) is 10.2 Å². The van der Waals surface area contributed by atoms with Crippen LogP contribution < -0.4 is 5.32 Å². The number of nitrogens with zero attached hydrogens (tertiary/aromatic N) is 1. The summed E-state index contributed by atoms with van der Waals surface area (Å²) in [5, 5.41) is 14.7. The van der Waals surface area contributed by atoms with Crippen LogP contribution in [0, 0.1) is 30.6 Å². The van der Waals surface area contributed by atoms with Gasteiger partial charge in [0.05, 0.1) is 0 Å². The molecule has 4 heteroatoms. The molecule has 1 amide bonds. The molecule has 2 aromatic carbocycles. The molecular weight excluding hydrogens is 384 g/mol. The molecule has 3 fully saturated rings. The summed E-state index contributed by atoms with van der Waals surface area (Å²) in [7, 11) is 0. The first-order valence-corrected chi connectivity index (χ1v) is 11.9. The van der Waals surface area contributed by atoms with Gasteiger partial charge in [0.2, 0.25) is 0 Å². The van der Waals surface area contributed by atoms with Gasteiger partial charge in [0.15, 0.2) is 5.60 Å². The molecule has 0 radical (unpaired) electrons. The van der Waals surface area contributed by atoms with E-state index in [1.165, 1.54) is 11.1 Å². The van der Waals surface area contributed by atoms with E-state index in [0.717, 1.165) is 50.9 Å². The quantitative estimate of drug-likeness (QED) is 0.718. The number of hydrogen-bond acceptors (Lipinski definition) is 3. The number of carbonyl (C=O) groups is 1. The zero-order valence-electron chi connectivity index (χ0n) is 18.5. The number of piperidine rings is 1. The van der Waals surface area contributed by atoms with Gasteiger partial charge in [-0.2, -0.15) is 0 Å². The second kappa shape index (κ2) is 8.40. The van der Waals surface area contributed by atoms with Crippen LogP contribution in [0.25, 0.3) is 0 Å². The molecule has 1 heterocycles. The number of nitrogens with one attached hydrogen (secondary N) is 1. The van der Waals surface area contributed by atoms with E-state index in [1.54, 1.807) is 0 Å². The zero-order chi connectivity index (χ0) is 21.4. The van der Waals surface area contributed by atoms with Crippen molar-refractivity contribution in [1.29, 1.82) is 0 Å². The van der Waals surface area contributed by atoms with Crippen molar-refractivity contribution in [2.75, 3.05) is 19.6 Å². The Morgan fingerprint density at radius 2 is 1.77 bits per heavy atom. The summed E-state index contributed by atoms with van der Waals surface area (Å²) in [4.78, 5) is 15.8. The normalized spacial score (nSPS) is 27.6. The molecule has 4 atom stereocenters. The van der Waals surface area contributed by atoms with E-state index in [2.05, 4.69) is 41.4 Å². The molecule has 1 saturated heterocycles. The highest BCUT2D eigenvalue weighted by Gasteiger charge is 2.55. The second-order valence-corrected chi connectivity index (χ2v) is 10.00. The van der Waals surface area contributed by atoms with Gasteiger partial charge in [0, 0.05) is 32.1 Å². The van der Waals surface area contributed by atoms with E-state index in [0.29, 0.717) is 24.3 Å². The van der Waals surface area contributed by atoms with Gasteiger partial charge in [-0.15, -0.1) is 0 Å². The van der Waals surface area contributed by atoms with Crippen LogP contribution in [-0.2, 0) is 16.9 Å². The lowest BCUT2D eigenvalue weighted by molar-refractivity contribution is -0.147. The van der Waals surface area contributed by atoms with Gasteiger partial charge in [0.1, 0.15) is 0 Å². The third-order valence-corrected chi connectivity index (χ3v) is 7.94. The molecule has 31 heavy (non-hydrogen) atoms. The first-order valence-electron chi connectivity index (χ1n) is 11.9. The zero-order valence-corrected chi connectivity index (χ0v) is 18.5. The molecule has 2 N–H and O–H groups in total. The molecule has 1 aliphatic heterocycles. The van der Waals surface area contributed by atoms with Gasteiger partial charge in [-0.05, 0) is 48.6 Å². The smallest absolute Gasteiger partial charge is 0.256 e. The third kappa shape index (κ3) is 4.04. The second-order valence-electron chi connectivity index (χ2n) is 10.00. The van der Waals surface area contributed by atoms with Crippen LogP contribution in [0.1, 0.15) is 42.4 Å². The van der Waals surface area contributed by atoms with Gasteiger partial charge >= 0.3 is 0 Å². The van der Waals surface area contributed by atoms with Crippen LogP contribution >= 0.6 is 0 Å². The summed E-state index contributed by atoms with van der Waals surface area (Å²) in [5.74, 6) is 1.73. The van der Waals surface area contributed by atoms with Crippen LogP contribution in [0.2, 0.25) is 0 Å². The van der Waals surface area contributed by atoms with Gasteiger partial charge in [-0.1, -0.05) is 73.0 Å². The van der Waals surface area contributed by atoms with Crippen molar-refractivity contribution in [3.63, 3.8) is 0 Å². The molecule has 0 bridgehead atoms. The Morgan fingerprint density at radius 1 is 1.06 bits per heavy atom. The number of carbonyl (C=O) groups excluding carboxylic acids is 1. The standard InChI is InChI=1S/C27H34N2O2/c1-19-8-7-9-20(14-19)16-29-17-24-23(25(24)18-29)15-28-26(30)27(31,22-12-5-6-13-22)21-10-3-2-4-11-21/h2-4,7-11,14,22-25,31H,5-6,12-13,15-18H2,1H3,(H,28,30)/t23-,24-,25?,27-/m1/s1. The number of hydrogen-bond donors (Lipinski definition) is 2. The number of aliphatic hydroxyl groups is 1. The van der Waals surface area contributed by atoms with Gasteiger partial charge in [-0.25, -0.2) is 0 Å². The lowest BCUT2D eigenvalue weighted by Crippen LogP contribution is -2.49. The minimum Gasteiger partial charge on any atom is -0.375 e. The Bertz CT molecular complexity index is 912. The number of rotatable bonds is 7. The monoisotopic (exact) mass is 418 g/mol. The van der Waals surface area contributed by atoms with E-state index in [4.69, 9.17) is 0 Å². The fourth-order valence-electron chi connectivity index (χ4n) is 6.17. The largest absolute Gasteiger partial charge is 0.375 e. The molecule has 1 unspecified atom stereocenters. The SMILES string of the molecule is Cc1cccc(CN2CC3[C@H](CNC(=O)[C@@](O)(c4ccccc4)C4CCCC4)[C@H]3C2)c1. The predicted molar refractivity (Wildman–Crippen MR) is 122 cm³/mol. The molecule has 5 rings (SSSR count). The molecule has 0 spiro atoms. The molecule has 2 aliphatic carbocycles. The van der Waals surface area contributed by atoms with Crippen LogP contribution in [0.5, 0.6) is 0 Å². The van der Waals surface area contributed by atoms with Crippen LogP contribution in [-0.4, -0.2) is 35.5 Å². The highest BCUT2D eigenvalue weighted by atomic mass is 16.3. The molecular formula is C27H34N2O2. The molecule has 164 valence electrons. The summed E-state index contributed by atoms with van der Waals surface area (Å²) in [6.45, 7) is 6.08. The average Bonchev–Trinajstić information content (AvgIpc) is 3.17.